The first-order valence-corrected chi connectivity index (χ1v) is 4.76. The zero-order valence-corrected chi connectivity index (χ0v) is 8.81. The summed E-state index contributed by atoms with van der Waals surface area (Å²) in [7, 11) is 3.26. The molecule has 0 bridgehead atoms. The van der Waals surface area contributed by atoms with Crippen LogP contribution in [0, 0.1) is 0 Å². The molecule has 0 atom stereocenters. The van der Waals surface area contributed by atoms with E-state index in [1.807, 2.05) is 30.3 Å². The first-order chi connectivity index (χ1) is 7.36. The van der Waals surface area contributed by atoms with Crippen molar-refractivity contribution in [2.24, 2.45) is 0 Å². The van der Waals surface area contributed by atoms with Crippen molar-refractivity contribution in [2.75, 3.05) is 14.2 Å². The van der Waals surface area contributed by atoms with Crippen molar-refractivity contribution in [3.05, 3.63) is 42.1 Å². The molecule has 0 radical (unpaired) electrons. The van der Waals surface area contributed by atoms with Crippen molar-refractivity contribution in [1.82, 2.24) is 4.98 Å². The van der Waals surface area contributed by atoms with Gasteiger partial charge >= 0.3 is 0 Å². The highest BCUT2D eigenvalue weighted by molar-refractivity contribution is 5.82. The van der Waals surface area contributed by atoms with Crippen LogP contribution in [0.4, 0.5) is 0 Å². The Bertz CT molecular complexity index is 447. The summed E-state index contributed by atoms with van der Waals surface area (Å²) < 4.78 is 10.5. The number of fused-ring (bicyclic) bond motifs is 1. The van der Waals surface area contributed by atoms with Gasteiger partial charge in [0, 0.05) is 31.4 Å². The fourth-order valence-corrected chi connectivity index (χ4v) is 1.67. The lowest BCUT2D eigenvalue weighted by Crippen LogP contribution is -2.04. The molecule has 0 spiro atoms. The van der Waals surface area contributed by atoms with Crippen molar-refractivity contribution in [3.8, 4) is 0 Å². The zero-order valence-electron chi connectivity index (χ0n) is 8.81. The molecule has 3 nitrogen and oxygen atoms in total. The van der Waals surface area contributed by atoms with E-state index in [0.717, 1.165) is 16.5 Å². The third-order valence-electron chi connectivity index (χ3n) is 2.36. The number of para-hydroxylation sites is 1. The lowest BCUT2D eigenvalue weighted by Gasteiger charge is -2.15. The van der Waals surface area contributed by atoms with Crippen molar-refractivity contribution >= 4 is 10.9 Å². The lowest BCUT2D eigenvalue weighted by molar-refractivity contribution is -0.105. The van der Waals surface area contributed by atoms with E-state index in [-0.39, 0.29) is 6.29 Å². The molecule has 15 heavy (non-hydrogen) atoms. The predicted octanol–water partition coefficient (Wildman–Crippen LogP) is 2.53. The van der Waals surface area contributed by atoms with Gasteiger partial charge in [0.2, 0.25) is 0 Å². The minimum absolute atomic E-state index is 0.335. The molecular formula is C12H13NO2. The van der Waals surface area contributed by atoms with Crippen LogP contribution in [0.3, 0.4) is 0 Å². The summed E-state index contributed by atoms with van der Waals surface area (Å²) in [4.78, 5) is 4.28. The fourth-order valence-electron chi connectivity index (χ4n) is 1.67. The summed E-state index contributed by atoms with van der Waals surface area (Å²) in [5.41, 5.74) is 1.96. The second-order valence-electron chi connectivity index (χ2n) is 3.22. The van der Waals surface area contributed by atoms with E-state index in [9.17, 15) is 0 Å². The number of pyridine rings is 1. The number of nitrogens with zero attached hydrogens (tertiary/aromatic N) is 1. The van der Waals surface area contributed by atoms with Crippen LogP contribution >= 0.6 is 0 Å². The van der Waals surface area contributed by atoms with E-state index in [0.29, 0.717) is 0 Å². The van der Waals surface area contributed by atoms with Crippen LogP contribution in [0.1, 0.15) is 11.9 Å². The van der Waals surface area contributed by atoms with E-state index >= 15 is 0 Å². The SMILES string of the molecule is COC(OC)c1ccnc2ccccc12. The topological polar surface area (TPSA) is 31.4 Å². The fraction of sp³-hybridized carbons (Fsp3) is 0.250. The van der Waals surface area contributed by atoms with Gasteiger partial charge in [0.1, 0.15) is 0 Å². The van der Waals surface area contributed by atoms with Crippen LogP contribution in [0.5, 0.6) is 0 Å². The lowest BCUT2D eigenvalue weighted by atomic mass is 10.1. The van der Waals surface area contributed by atoms with E-state index in [1.165, 1.54) is 0 Å². The maximum absolute atomic E-state index is 5.24. The summed E-state index contributed by atoms with van der Waals surface area (Å²) in [5, 5.41) is 1.06. The summed E-state index contributed by atoms with van der Waals surface area (Å²) >= 11 is 0. The summed E-state index contributed by atoms with van der Waals surface area (Å²) in [6.45, 7) is 0. The van der Waals surface area contributed by atoms with Crippen LogP contribution in [0.2, 0.25) is 0 Å². The van der Waals surface area contributed by atoms with Crippen LogP contribution in [0.15, 0.2) is 36.5 Å². The van der Waals surface area contributed by atoms with Gasteiger partial charge in [-0.05, 0) is 12.1 Å². The number of hydrogen-bond acceptors (Lipinski definition) is 3. The molecule has 0 saturated heterocycles. The first-order valence-electron chi connectivity index (χ1n) is 4.76. The molecule has 0 aliphatic carbocycles. The highest BCUT2D eigenvalue weighted by Crippen LogP contribution is 2.24. The number of methoxy groups -OCH3 is 2. The van der Waals surface area contributed by atoms with Gasteiger partial charge in [0.15, 0.2) is 6.29 Å². The summed E-state index contributed by atoms with van der Waals surface area (Å²) in [5.74, 6) is 0. The highest BCUT2D eigenvalue weighted by Gasteiger charge is 2.12. The summed E-state index contributed by atoms with van der Waals surface area (Å²) in [6, 6.07) is 9.85. The third kappa shape index (κ3) is 1.84. The van der Waals surface area contributed by atoms with Gasteiger partial charge in [-0.1, -0.05) is 18.2 Å². The van der Waals surface area contributed by atoms with Crippen molar-refractivity contribution in [1.29, 1.82) is 0 Å². The molecule has 78 valence electrons. The van der Waals surface area contributed by atoms with E-state index in [4.69, 9.17) is 9.47 Å². The average Bonchev–Trinajstić information content (AvgIpc) is 2.31. The Balaban J connectivity index is 2.59. The largest absolute Gasteiger partial charge is 0.352 e. The van der Waals surface area contributed by atoms with Gasteiger partial charge in [-0.3, -0.25) is 4.98 Å². The van der Waals surface area contributed by atoms with E-state index in [2.05, 4.69) is 4.98 Å². The molecule has 0 N–H and O–H groups in total. The molecule has 1 aromatic carbocycles. The third-order valence-corrected chi connectivity index (χ3v) is 2.36. The Kier molecular flexibility index (Phi) is 2.94. The molecular weight excluding hydrogens is 190 g/mol. The Hall–Kier alpha value is -1.45. The van der Waals surface area contributed by atoms with Crippen molar-refractivity contribution < 1.29 is 9.47 Å². The maximum atomic E-state index is 5.24. The van der Waals surface area contributed by atoms with E-state index < -0.39 is 0 Å². The minimum atomic E-state index is -0.335. The zero-order chi connectivity index (χ0) is 10.7. The monoisotopic (exact) mass is 203 g/mol. The normalized spacial score (nSPS) is 11.1. The molecule has 2 rings (SSSR count). The molecule has 0 amide bonds. The molecule has 0 unspecified atom stereocenters. The quantitative estimate of drug-likeness (QED) is 0.718. The van der Waals surface area contributed by atoms with Gasteiger partial charge in [-0.25, -0.2) is 0 Å². The van der Waals surface area contributed by atoms with Crippen LogP contribution in [-0.4, -0.2) is 19.2 Å². The molecule has 1 aromatic heterocycles. The maximum Gasteiger partial charge on any atom is 0.183 e. The molecule has 2 aromatic rings. The number of aromatic nitrogens is 1. The first kappa shape index (κ1) is 10.1. The molecule has 0 saturated carbocycles. The Morgan fingerprint density at radius 2 is 1.80 bits per heavy atom. The van der Waals surface area contributed by atoms with Crippen molar-refractivity contribution in [3.63, 3.8) is 0 Å². The number of benzene rings is 1. The minimum Gasteiger partial charge on any atom is -0.352 e. The predicted molar refractivity (Wildman–Crippen MR) is 58.5 cm³/mol. The van der Waals surface area contributed by atoms with Gasteiger partial charge in [-0.2, -0.15) is 0 Å². The second kappa shape index (κ2) is 4.38. The van der Waals surface area contributed by atoms with Gasteiger partial charge in [0.05, 0.1) is 5.52 Å². The molecule has 1 heterocycles. The molecule has 0 aliphatic heterocycles. The van der Waals surface area contributed by atoms with Gasteiger partial charge < -0.3 is 9.47 Å². The van der Waals surface area contributed by atoms with Crippen LogP contribution < -0.4 is 0 Å². The molecule has 3 heteroatoms. The highest BCUT2D eigenvalue weighted by atomic mass is 16.7. The molecule has 0 aliphatic rings. The van der Waals surface area contributed by atoms with Crippen LogP contribution in [-0.2, 0) is 9.47 Å². The van der Waals surface area contributed by atoms with Crippen LogP contribution in [0.25, 0.3) is 10.9 Å². The van der Waals surface area contributed by atoms with Crippen molar-refractivity contribution in [2.45, 2.75) is 6.29 Å². The average molecular weight is 203 g/mol. The molecule has 0 fully saturated rings. The standard InChI is InChI=1S/C12H13NO2/c1-14-12(15-2)10-7-8-13-11-6-4-3-5-9(10)11/h3-8,12H,1-2H3. The second-order valence-corrected chi connectivity index (χ2v) is 3.22. The smallest absolute Gasteiger partial charge is 0.183 e. The number of hydrogen-bond donors (Lipinski definition) is 0. The Morgan fingerprint density at radius 1 is 1.07 bits per heavy atom. The number of ether oxygens (including phenoxy) is 2. The van der Waals surface area contributed by atoms with E-state index in [1.54, 1.807) is 20.4 Å². The number of rotatable bonds is 3. The summed E-state index contributed by atoms with van der Waals surface area (Å²) in [6.07, 6.45) is 1.43. The Morgan fingerprint density at radius 3 is 2.53 bits per heavy atom. The van der Waals surface area contributed by atoms with Gasteiger partial charge in [-0.15, -0.1) is 0 Å². The van der Waals surface area contributed by atoms with Gasteiger partial charge in [0.25, 0.3) is 0 Å². The Labute approximate surface area is 88.7 Å².